The average Bonchev–Trinajstić information content (AvgIpc) is 2.88. The van der Waals surface area contributed by atoms with Gasteiger partial charge in [-0.3, -0.25) is 0 Å². The van der Waals surface area contributed by atoms with Crippen LogP contribution in [0.5, 0.6) is 0 Å². The molecule has 0 N–H and O–H groups in total. The molecule has 2 atom stereocenters. The van der Waals surface area contributed by atoms with Crippen LogP contribution in [0, 0.1) is 23.7 Å². The van der Waals surface area contributed by atoms with E-state index in [4.69, 9.17) is 0 Å². The Morgan fingerprint density at radius 3 is 2.20 bits per heavy atom. The summed E-state index contributed by atoms with van der Waals surface area (Å²) in [6, 6.07) is 0. The average molecular weight is 226 g/mol. The molecule has 0 aromatic rings. The molecule has 0 amide bonds. The first-order valence-corrected chi connectivity index (χ1v) is 7.97. The van der Waals surface area contributed by atoms with Gasteiger partial charge in [-0.1, -0.05) is 20.3 Å². The summed E-state index contributed by atoms with van der Waals surface area (Å²) in [5.41, 5.74) is 0. The summed E-state index contributed by atoms with van der Waals surface area (Å²) in [6.45, 7) is 4.74. The lowest BCUT2D eigenvalue weighted by atomic mass is 9.95. The van der Waals surface area contributed by atoms with Crippen molar-refractivity contribution in [2.45, 2.75) is 52.4 Å². The summed E-state index contributed by atoms with van der Waals surface area (Å²) in [7, 11) is 0. The molecule has 0 spiro atoms. The van der Waals surface area contributed by atoms with Crippen molar-refractivity contribution in [3.05, 3.63) is 0 Å². The molecule has 2 unspecified atom stereocenters. The van der Waals surface area contributed by atoms with E-state index in [-0.39, 0.29) is 0 Å². The third kappa shape index (κ3) is 4.38. The molecule has 0 nitrogen and oxygen atoms in total. The lowest BCUT2D eigenvalue weighted by Crippen LogP contribution is -2.03. The van der Waals surface area contributed by atoms with Gasteiger partial charge in [0.1, 0.15) is 0 Å². The van der Waals surface area contributed by atoms with E-state index in [0.717, 1.165) is 23.7 Å². The minimum Gasteiger partial charge on any atom is -0.161 e. The van der Waals surface area contributed by atoms with Crippen LogP contribution in [-0.2, 0) is 0 Å². The molecule has 2 rings (SSSR count). The van der Waals surface area contributed by atoms with Gasteiger partial charge in [-0.2, -0.15) is 11.8 Å². The van der Waals surface area contributed by atoms with Crippen LogP contribution in [0.1, 0.15) is 52.4 Å². The predicted octanol–water partition coefficient (Wildman–Crippen LogP) is 4.59. The second kappa shape index (κ2) is 5.61. The highest BCUT2D eigenvalue weighted by atomic mass is 32.2. The van der Waals surface area contributed by atoms with Crippen molar-refractivity contribution in [2.75, 3.05) is 11.5 Å². The molecule has 15 heavy (non-hydrogen) atoms. The Hall–Kier alpha value is 0.350. The SMILES string of the molecule is CC(C)CC1CCC(CSCC2CC2)C1. The summed E-state index contributed by atoms with van der Waals surface area (Å²) in [5.74, 6) is 7.08. The van der Waals surface area contributed by atoms with Crippen LogP contribution >= 0.6 is 11.8 Å². The maximum atomic E-state index is 2.37. The third-order valence-electron chi connectivity index (χ3n) is 3.86. The summed E-state index contributed by atoms with van der Waals surface area (Å²) in [5, 5.41) is 0. The van der Waals surface area contributed by atoms with Gasteiger partial charge in [0.05, 0.1) is 0 Å². The third-order valence-corrected chi connectivity index (χ3v) is 5.27. The van der Waals surface area contributed by atoms with E-state index in [1.807, 2.05) is 0 Å². The fourth-order valence-corrected chi connectivity index (χ4v) is 4.34. The maximum Gasteiger partial charge on any atom is -0.00389 e. The molecular formula is C14H26S. The van der Waals surface area contributed by atoms with Gasteiger partial charge in [0, 0.05) is 0 Å². The molecule has 2 fully saturated rings. The van der Waals surface area contributed by atoms with Gasteiger partial charge in [-0.25, -0.2) is 0 Å². The van der Waals surface area contributed by atoms with Gasteiger partial charge in [0.2, 0.25) is 0 Å². The van der Waals surface area contributed by atoms with Gasteiger partial charge in [0.15, 0.2) is 0 Å². The zero-order valence-corrected chi connectivity index (χ0v) is 11.2. The number of hydrogen-bond donors (Lipinski definition) is 0. The summed E-state index contributed by atoms with van der Waals surface area (Å²) in [6.07, 6.45) is 9.10. The molecule has 0 aromatic heterocycles. The van der Waals surface area contributed by atoms with Gasteiger partial charge in [-0.15, -0.1) is 0 Å². The van der Waals surface area contributed by atoms with E-state index in [0.29, 0.717) is 0 Å². The fraction of sp³-hybridized carbons (Fsp3) is 1.00. The Labute approximate surface area is 99.6 Å². The topological polar surface area (TPSA) is 0 Å². The zero-order chi connectivity index (χ0) is 10.7. The lowest BCUT2D eigenvalue weighted by molar-refractivity contribution is 0.409. The highest BCUT2D eigenvalue weighted by Gasteiger charge is 2.26. The fourth-order valence-electron chi connectivity index (χ4n) is 2.90. The highest BCUT2D eigenvalue weighted by Crippen LogP contribution is 2.38. The van der Waals surface area contributed by atoms with Crippen molar-refractivity contribution in [3.8, 4) is 0 Å². The molecule has 0 bridgehead atoms. The lowest BCUT2D eigenvalue weighted by Gasteiger charge is -2.13. The summed E-state index contributed by atoms with van der Waals surface area (Å²) in [4.78, 5) is 0. The summed E-state index contributed by atoms with van der Waals surface area (Å²) >= 11 is 2.24. The van der Waals surface area contributed by atoms with Gasteiger partial charge in [-0.05, 0) is 67.3 Å². The van der Waals surface area contributed by atoms with E-state index >= 15 is 0 Å². The van der Waals surface area contributed by atoms with E-state index in [9.17, 15) is 0 Å². The quantitative estimate of drug-likeness (QED) is 0.638. The van der Waals surface area contributed by atoms with E-state index < -0.39 is 0 Å². The monoisotopic (exact) mass is 226 g/mol. The van der Waals surface area contributed by atoms with Crippen molar-refractivity contribution >= 4 is 11.8 Å². The minimum absolute atomic E-state index is 0.910. The smallest absolute Gasteiger partial charge is 0.00389 e. The molecule has 0 heterocycles. The Bertz CT molecular complexity index is 184. The van der Waals surface area contributed by atoms with Crippen molar-refractivity contribution in [1.29, 1.82) is 0 Å². The number of hydrogen-bond acceptors (Lipinski definition) is 1. The van der Waals surface area contributed by atoms with Crippen LogP contribution in [0.25, 0.3) is 0 Å². The second-order valence-corrected chi connectivity index (χ2v) is 7.23. The first kappa shape index (κ1) is 11.8. The molecule has 88 valence electrons. The first-order valence-electron chi connectivity index (χ1n) is 6.81. The molecule has 0 aromatic carbocycles. The van der Waals surface area contributed by atoms with Crippen LogP contribution in [0.2, 0.25) is 0 Å². The van der Waals surface area contributed by atoms with Crippen LogP contribution in [-0.4, -0.2) is 11.5 Å². The molecule has 0 saturated heterocycles. The standard InChI is InChI=1S/C14H26S/c1-11(2)7-13-5-6-14(8-13)10-15-9-12-3-4-12/h11-14H,3-10H2,1-2H3. The molecule has 2 aliphatic carbocycles. The number of rotatable bonds is 6. The van der Waals surface area contributed by atoms with Crippen LogP contribution < -0.4 is 0 Å². The van der Waals surface area contributed by atoms with Crippen LogP contribution in [0.3, 0.4) is 0 Å². The van der Waals surface area contributed by atoms with Crippen molar-refractivity contribution in [3.63, 3.8) is 0 Å². The molecule has 0 radical (unpaired) electrons. The minimum atomic E-state index is 0.910. The number of thioether (sulfide) groups is 1. The van der Waals surface area contributed by atoms with E-state index in [2.05, 4.69) is 25.6 Å². The van der Waals surface area contributed by atoms with Gasteiger partial charge >= 0.3 is 0 Å². The molecule has 2 aliphatic rings. The highest BCUT2D eigenvalue weighted by molar-refractivity contribution is 7.99. The molecule has 1 heteroatoms. The van der Waals surface area contributed by atoms with E-state index in [1.54, 1.807) is 0 Å². The Balaban J connectivity index is 1.55. The molecule has 0 aliphatic heterocycles. The Morgan fingerprint density at radius 1 is 0.933 bits per heavy atom. The largest absolute Gasteiger partial charge is 0.161 e. The van der Waals surface area contributed by atoms with Crippen LogP contribution in [0.15, 0.2) is 0 Å². The first-order chi connectivity index (χ1) is 7.24. The van der Waals surface area contributed by atoms with Crippen molar-refractivity contribution in [2.24, 2.45) is 23.7 Å². The Morgan fingerprint density at radius 2 is 1.53 bits per heavy atom. The summed E-state index contributed by atoms with van der Waals surface area (Å²) < 4.78 is 0. The second-order valence-electron chi connectivity index (χ2n) is 6.16. The zero-order valence-electron chi connectivity index (χ0n) is 10.4. The maximum absolute atomic E-state index is 2.37. The Kier molecular flexibility index (Phi) is 4.42. The van der Waals surface area contributed by atoms with Crippen LogP contribution in [0.4, 0.5) is 0 Å². The van der Waals surface area contributed by atoms with Crippen molar-refractivity contribution < 1.29 is 0 Å². The molecular weight excluding hydrogens is 200 g/mol. The van der Waals surface area contributed by atoms with E-state index in [1.165, 1.54) is 50.0 Å². The van der Waals surface area contributed by atoms with Crippen molar-refractivity contribution in [1.82, 2.24) is 0 Å². The molecule has 2 saturated carbocycles. The van der Waals surface area contributed by atoms with Gasteiger partial charge < -0.3 is 0 Å². The normalized spacial score (nSPS) is 31.4. The predicted molar refractivity (Wildman–Crippen MR) is 70.3 cm³/mol. The van der Waals surface area contributed by atoms with Gasteiger partial charge in [0.25, 0.3) is 0 Å².